The molecule has 0 radical (unpaired) electrons. The fraction of sp³-hybridized carbons (Fsp3) is 0.846. The van der Waals surface area contributed by atoms with Crippen LogP contribution in [0.5, 0.6) is 0 Å². The van der Waals surface area contributed by atoms with E-state index in [0.29, 0.717) is 19.0 Å². The third kappa shape index (κ3) is 2.51. The van der Waals surface area contributed by atoms with Gasteiger partial charge < -0.3 is 15.3 Å². The van der Waals surface area contributed by atoms with Crippen LogP contribution in [0.15, 0.2) is 0 Å². The number of carbonyl (C=O) groups is 2. The van der Waals surface area contributed by atoms with E-state index in [4.69, 9.17) is 5.11 Å². The second kappa shape index (κ2) is 5.26. The minimum atomic E-state index is -0.789. The third-order valence-corrected chi connectivity index (χ3v) is 4.28. The summed E-state index contributed by atoms with van der Waals surface area (Å²) in [6.07, 6.45) is 2.17. The van der Waals surface area contributed by atoms with Crippen molar-refractivity contribution in [3.05, 3.63) is 0 Å². The van der Waals surface area contributed by atoms with Gasteiger partial charge in [0.2, 0.25) is 5.91 Å². The van der Waals surface area contributed by atoms with Gasteiger partial charge in [0.25, 0.3) is 0 Å². The molecule has 0 saturated carbocycles. The van der Waals surface area contributed by atoms with Crippen LogP contribution in [-0.2, 0) is 9.59 Å². The summed E-state index contributed by atoms with van der Waals surface area (Å²) in [6, 6.07) is -0.126. The highest BCUT2D eigenvalue weighted by molar-refractivity contribution is 5.84. The summed E-state index contributed by atoms with van der Waals surface area (Å²) in [5.41, 5.74) is 0. The number of nitrogens with zero attached hydrogens (tertiary/aromatic N) is 1. The maximum Gasteiger partial charge on any atom is 0.308 e. The number of carboxylic acids is 1. The fourth-order valence-corrected chi connectivity index (χ4v) is 3.05. The van der Waals surface area contributed by atoms with E-state index < -0.39 is 11.9 Å². The molecule has 0 aromatic carbocycles. The number of carboxylic acid groups (broad SMARTS) is 1. The summed E-state index contributed by atoms with van der Waals surface area (Å²) in [7, 11) is 0. The van der Waals surface area contributed by atoms with Crippen molar-refractivity contribution in [3.8, 4) is 0 Å². The molecule has 0 aliphatic carbocycles. The molecule has 2 N–H and O–H groups in total. The number of aliphatic carboxylic acids is 1. The first-order valence-corrected chi connectivity index (χ1v) is 6.75. The molecule has 18 heavy (non-hydrogen) atoms. The van der Waals surface area contributed by atoms with E-state index in [9.17, 15) is 9.59 Å². The Hall–Kier alpha value is -1.10. The fourth-order valence-electron chi connectivity index (χ4n) is 3.05. The molecule has 5 nitrogen and oxygen atoms in total. The molecular formula is C13H22N2O3. The predicted octanol–water partition coefficient (Wildman–Crippen LogP) is 0.554. The van der Waals surface area contributed by atoms with Crippen LogP contribution >= 0.6 is 0 Å². The lowest BCUT2D eigenvalue weighted by atomic mass is 9.92. The summed E-state index contributed by atoms with van der Waals surface area (Å²) in [6.45, 7) is 5.81. The molecule has 2 unspecified atom stereocenters. The number of hydrogen-bond donors (Lipinski definition) is 2. The highest BCUT2D eigenvalue weighted by Gasteiger charge is 2.40. The standard InChI is InChI=1S/C13H22N2O3/c1-8-4-3-5-14-11(8)12(16)15-6-9(2)10(7-15)13(17)18/h8-11,14H,3-7H2,1-2H3,(H,17,18)/t8?,9-,10-,11?/m1/s1. The Morgan fingerprint density at radius 2 is 1.94 bits per heavy atom. The monoisotopic (exact) mass is 254 g/mol. The number of piperidine rings is 1. The Balaban J connectivity index is 2.00. The molecule has 5 heteroatoms. The van der Waals surface area contributed by atoms with Gasteiger partial charge >= 0.3 is 5.97 Å². The van der Waals surface area contributed by atoms with Crippen LogP contribution in [0.25, 0.3) is 0 Å². The van der Waals surface area contributed by atoms with E-state index in [1.54, 1.807) is 4.90 Å². The van der Waals surface area contributed by atoms with Gasteiger partial charge in [-0.05, 0) is 31.2 Å². The quantitative estimate of drug-likeness (QED) is 0.755. The molecule has 0 aromatic rings. The van der Waals surface area contributed by atoms with Gasteiger partial charge in [0.15, 0.2) is 0 Å². The minimum absolute atomic E-state index is 0.0466. The number of amides is 1. The maximum absolute atomic E-state index is 12.4. The van der Waals surface area contributed by atoms with Gasteiger partial charge in [0.05, 0.1) is 12.0 Å². The summed E-state index contributed by atoms with van der Waals surface area (Å²) >= 11 is 0. The predicted molar refractivity (Wildman–Crippen MR) is 67.1 cm³/mol. The van der Waals surface area contributed by atoms with Gasteiger partial charge in [-0.25, -0.2) is 0 Å². The maximum atomic E-state index is 12.4. The molecule has 2 rings (SSSR count). The first-order valence-electron chi connectivity index (χ1n) is 6.75. The van der Waals surface area contributed by atoms with Crippen molar-refractivity contribution in [1.82, 2.24) is 10.2 Å². The second-order valence-electron chi connectivity index (χ2n) is 5.72. The third-order valence-electron chi connectivity index (χ3n) is 4.28. The van der Waals surface area contributed by atoms with Crippen LogP contribution in [0.3, 0.4) is 0 Å². The van der Waals surface area contributed by atoms with Crippen LogP contribution in [-0.4, -0.2) is 47.6 Å². The second-order valence-corrected chi connectivity index (χ2v) is 5.72. The van der Waals surface area contributed by atoms with Crippen molar-refractivity contribution in [2.75, 3.05) is 19.6 Å². The summed E-state index contributed by atoms with van der Waals surface area (Å²) < 4.78 is 0. The molecule has 2 heterocycles. The number of nitrogens with one attached hydrogen (secondary N) is 1. The number of carbonyl (C=O) groups excluding carboxylic acids is 1. The highest BCUT2D eigenvalue weighted by atomic mass is 16.4. The molecule has 0 spiro atoms. The minimum Gasteiger partial charge on any atom is -0.481 e. The normalized spacial score (nSPS) is 36.7. The van der Waals surface area contributed by atoms with Crippen molar-refractivity contribution in [2.24, 2.45) is 17.8 Å². The topological polar surface area (TPSA) is 69.6 Å². The SMILES string of the molecule is CC1CCCNC1C(=O)N1C[C@@H](C)[C@H](C(=O)O)C1. The van der Waals surface area contributed by atoms with Crippen molar-refractivity contribution in [2.45, 2.75) is 32.7 Å². The largest absolute Gasteiger partial charge is 0.481 e. The van der Waals surface area contributed by atoms with Gasteiger partial charge in [-0.3, -0.25) is 9.59 Å². The van der Waals surface area contributed by atoms with Crippen LogP contribution in [0, 0.1) is 17.8 Å². The lowest BCUT2D eigenvalue weighted by molar-refractivity contribution is -0.142. The lowest BCUT2D eigenvalue weighted by Crippen LogP contribution is -2.51. The lowest BCUT2D eigenvalue weighted by Gasteiger charge is -2.32. The van der Waals surface area contributed by atoms with Gasteiger partial charge in [-0.1, -0.05) is 13.8 Å². The Bertz CT molecular complexity index is 345. The van der Waals surface area contributed by atoms with E-state index in [-0.39, 0.29) is 17.9 Å². The molecule has 4 atom stereocenters. The molecule has 1 amide bonds. The Morgan fingerprint density at radius 1 is 1.22 bits per heavy atom. The molecule has 2 aliphatic heterocycles. The van der Waals surface area contributed by atoms with Crippen LogP contribution < -0.4 is 5.32 Å². The summed E-state index contributed by atoms with van der Waals surface area (Å²) in [5, 5.41) is 12.4. The average Bonchev–Trinajstić information content (AvgIpc) is 2.71. The Kier molecular flexibility index (Phi) is 3.90. The van der Waals surface area contributed by atoms with Crippen LogP contribution in [0.2, 0.25) is 0 Å². The first-order chi connectivity index (χ1) is 8.50. The van der Waals surface area contributed by atoms with Crippen molar-refractivity contribution < 1.29 is 14.7 Å². The number of likely N-dealkylation sites (tertiary alicyclic amines) is 1. The molecule has 0 aromatic heterocycles. The van der Waals surface area contributed by atoms with E-state index in [2.05, 4.69) is 12.2 Å². The van der Waals surface area contributed by atoms with Crippen molar-refractivity contribution in [3.63, 3.8) is 0 Å². The van der Waals surface area contributed by atoms with Gasteiger partial charge in [0, 0.05) is 13.1 Å². The van der Waals surface area contributed by atoms with E-state index in [1.165, 1.54) is 0 Å². The molecule has 0 bridgehead atoms. The molecule has 2 saturated heterocycles. The highest BCUT2D eigenvalue weighted by Crippen LogP contribution is 2.26. The Labute approximate surface area is 108 Å². The van der Waals surface area contributed by atoms with Crippen molar-refractivity contribution >= 4 is 11.9 Å². The van der Waals surface area contributed by atoms with E-state index in [1.807, 2.05) is 6.92 Å². The number of rotatable bonds is 2. The average molecular weight is 254 g/mol. The molecule has 2 aliphatic rings. The summed E-state index contributed by atoms with van der Waals surface area (Å²) in [5.74, 6) is -0.733. The smallest absolute Gasteiger partial charge is 0.308 e. The number of hydrogen-bond acceptors (Lipinski definition) is 3. The molecular weight excluding hydrogens is 232 g/mol. The zero-order valence-electron chi connectivity index (χ0n) is 11.1. The zero-order valence-corrected chi connectivity index (χ0v) is 11.1. The van der Waals surface area contributed by atoms with Crippen LogP contribution in [0.4, 0.5) is 0 Å². The molecule has 2 fully saturated rings. The molecule has 102 valence electrons. The Morgan fingerprint density at radius 3 is 2.50 bits per heavy atom. The van der Waals surface area contributed by atoms with Crippen molar-refractivity contribution in [1.29, 1.82) is 0 Å². The zero-order chi connectivity index (χ0) is 13.3. The first kappa shape index (κ1) is 13.3. The van der Waals surface area contributed by atoms with E-state index >= 15 is 0 Å². The summed E-state index contributed by atoms with van der Waals surface area (Å²) in [4.78, 5) is 25.2. The van der Waals surface area contributed by atoms with Gasteiger partial charge in [-0.2, -0.15) is 0 Å². The van der Waals surface area contributed by atoms with E-state index in [0.717, 1.165) is 19.4 Å². The van der Waals surface area contributed by atoms with Crippen LogP contribution in [0.1, 0.15) is 26.7 Å². The van der Waals surface area contributed by atoms with Gasteiger partial charge in [0.1, 0.15) is 0 Å². The van der Waals surface area contributed by atoms with Gasteiger partial charge in [-0.15, -0.1) is 0 Å².